The molecule has 0 unspecified atom stereocenters. The standard InChI is InChI=1S/C29H29N5O5/c1-19-10-11-23(28(35)30-15-12-21-18-31-24-7-3-2-6-22(21)24)27(32-19)20-13-16-33(17-14-20)29(36)39-26-9-5-4-8-25(26)34(37)38/h2-11,18,20,31H,12-17H2,1H3,(H,30,35). The number of nitro benzene ring substituents is 1. The van der Waals surface area contributed by atoms with Crippen molar-refractivity contribution in [1.29, 1.82) is 0 Å². The normalized spacial score (nSPS) is 13.8. The second-order valence-corrected chi connectivity index (χ2v) is 9.60. The van der Waals surface area contributed by atoms with Gasteiger partial charge in [-0.1, -0.05) is 30.3 Å². The monoisotopic (exact) mass is 527 g/mol. The number of fused-ring (bicyclic) bond motifs is 1. The van der Waals surface area contributed by atoms with E-state index in [4.69, 9.17) is 9.72 Å². The van der Waals surface area contributed by atoms with Gasteiger partial charge in [0.25, 0.3) is 5.91 Å². The molecule has 0 bridgehead atoms. The largest absolute Gasteiger partial charge is 0.415 e. The number of carbonyl (C=O) groups is 2. The second kappa shape index (κ2) is 11.3. The number of para-hydroxylation sites is 3. The molecule has 1 aliphatic rings. The number of aryl methyl sites for hydroxylation is 1. The Morgan fingerprint density at radius 2 is 1.85 bits per heavy atom. The lowest BCUT2D eigenvalue weighted by atomic mass is 9.90. The summed E-state index contributed by atoms with van der Waals surface area (Å²) in [6, 6.07) is 17.5. The molecular weight excluding hydrogens is 498 g/mol. The van der Waals surface area contributed by atoms with Gasteiger partial charge >= 0.3 is 11.8 Å². The lowest BCUT2D eigenvalue weighted by Crippen LogP contribution is -2.40. The van der Waals surface area contributed by atoms with E-state index >= 15 is 0 Å². The molecule has 2 aromatic carbocycles. The number of H-pyrrole nitrogens is 1. The summed E-state index contributed by atoms with van der Waals surface area (Å²) in [4.78, 5) is 46.0. The van der Waals surface area contributed by atoms with Gasteiger partial charge in [0.2, 0.25) is 5.75 Å². The van der Waals surface area contributed by atoms with Gasteiger partial charge in [-0.2, -0.15) is 0 Å². The lowest BCUT2D eigenvalue weighted by molar-refractivity contribution is -0.385. The fourth-order valence-corrected chi connectivity index (χ4v) is 5.01. The van der Waals surface area contributed by atoms with Crippen LogP contribution >= 0.6 is 0 Å². The molecule has 5 rings (SSSR count). The number of nitrogens with zero attached hydrogens (tertiary/aromatic N) is 3. The highest BCUT2D eigenvalue weighted by Crippen LogP contribution is 2.31. The summed E-state index contributed by atoms with van der Waals surface area (Å²) >= 11 is 0. The number of nitrogens with one attached hydrogen (secondary N) is 2. The number of rotatable bonds is 7. The Balaban J connectivity index is 1.21. The highest BCUT2D eigenvalue weighted by atomic mass is 16.6. The van der Waals surface area contributed by atoms with E-state index in [1.807, 2.05) is 43.5 Å². The van der Waals surface area contributed by atoms with E-state index in [2.05, 4.69) is 16.4 Å². The number of carbonyl (C=O) groups excluding carboxylic acids is 2. The molecule has 3 heterocycles. The molecule has 2 aromatic heterocycles. The summed E-state index contributed by atoms with van der Waals surface area (Å²) in [7, 11) is 0. The minimum atomic E-state index is -0.629. The van der Waals surface area contributed by atoms with Gasteiger partial charge in [0.15, 0.2) is 0 Å². The van der Waals surface area contributed by atoms with Crippen molar-refractivity contribution in [1.82, 2.24) is 20.2 Å². The van der Waals surface area contributed by atoms with Gasteiger partial charge in [0, 0.05) is 54.4 Å². The summed E-state index contributed by atoms with van der Waals surface area (Å²) in [6.45, 7) is 3.16. The first-order chi connectivity index (χ1) is 18.9. The quantitative estimate of drug-likeness (QED) is 0.253. The smallest absolute Gasteiger partial charge is 0.403 e. The fourth-order valence-electron chi connectivity index (χ4n) is 5.01. The van der Waals surface area contributed by atoms with Crippen molar-refractivity contribution in [3.63, 3.8) is 0 Å². The second-order valence-electron chi connectivity index (χ2n) is 9.60. The van der Waals surface area contributed by atoms with E-state index in [9.17, 15) is 19.7 Å². The van der Waals surface area contributed by atoms with Gasteiger partial charge in [-0.25, -0.2) is 4.79 Å². The number of amides is 2. The molecule has 0 aliphatic carbocycles. The summed E-state index contributed by atoms with van der Waals surface area (Å²) in [5, 5.41) is 15.4. The third kappa shape index (κ3) is 5.74. The number of nitro groups is 1. The molecule has 0 saturated carbocycles. The van der Waals surface area contributed by atoms with Gasteiger partial charge in [-0.15, -0.1) is 0 Å². The van der Waals surface area contributed by atoms with Crippen LogP contribution in [0.1, 0.15) is 46.1 Å². The van der Waals surface area contributed by atoms with Crippen LogP contribution in [0.3, 0.4) is 0 Å². The van der Waals surface area contributed by atoms with Crippen molar-refractivity contribution >= 4 is 28.6 Å². The number of hydrogen-bond acceptors (Lipinski definition) is 6. The van der Waals surface area contributed by atoms with E-state index in [1.165, 1.54) is 23.1 Å². The number of ether oxygens (including phenoxy) is 1. The molecule has 1 saturated heterocycles. The Morgan fingerprint density at radius 3 is 2.64 bits per heavy atom. The molecule has 10 heteroatoms. The maximum Gasteiger partial charge on any atom is 0.415 e. The molecular formula is C29H29N5O5. The number of pyridine rings is 1. The van der Waals surface area contributed by atoms with Crippen LogP contribution in [0.5, 0.6) is 5.75 Å². The average Bonchev–Trinajstić information content (AvgIpc) is 3.36. The first-order valence-corrected chi connectivity index (χ1v) is 12.9. The first-order valence-electron chi connectivity index (χ1n) is 12.9. The molecule has 0 atom stereocenters. The van der Waals surface area contributed by atoms with E-state index < -0.39 is 11.0 Å². The van der Waals surface area contributed by atoms with Crippen molar-refractivity contribution in [3.8, 4) is 5.75 Å². The zero-order valence-electron chi connectivity index (χ0n) is 21.6. The van der Waals surface area contributed by atoms with E-state index in [0.717, 1.165) is 27.9 Å². The molecule has 2 N–H and O–H groups in total. The van der Waals surface area contributed by atoms with E-state index in [0.29, 0.717) is 44.5 Å². The minimum absolute atomic E-state index is 0.00520. The van der Waals surface area contributed by atoms with Crippen molar-refractivity contribution in [3.05, 3.63) is 99.5 Å². The molecule has 2 amide bonds. The van der Waals surface area contributed by atoms with Crippen molar-refractivity contribution in [2.45, 2.75) is 32.1 Å². The molecule has 1 fully saturated rings. The number of benzene rings is 2. The van der Waals surface area contributed by atoms with Crippen molar-refractivity contribution in [2.75, 3.05) is 19.6 Å². The molecule has 39 heavy (non-hydrogen) atoms. The highest BCUT2D eigenvalue weighted by molar-refractivity contribution is 5.95. The van der Waals surface area contributed by atoms with Gasteiger partial charge in [0.05, 0.1) is 16.2 Å². The summed E-state index contributed by atoms with van der Waals surface area (Å²) in [6.07, 6.45) is 3.24. The topological polar surface area (TPSA) is 130 Å². The Kier molecular flexibility index (Phi) is 7.53. The van der Waals surface area contributed by atoms with Crippen LogP contribution in [0.4, 0.5) is 10.5 Å². The average molecular weight is 528 g/mol. The Morgan fingerprint density at radius 1 is 1.10 bits per heavy atom. The Hall–Kier alpha value is -4.73. The number of piperidine rings is 1. The third-order valence-electron chi connectivity index (χ3n) is 7.06. The predicted octanol–water partition coefficient (Wildman–Crippen LogP) is 5.13. The van der Waals surface area contributed by atoms with Gasteiger partial charge in [0.1, 0.15) is 0 Å². The van der Waals surface area contributed by atoms with Gasteiger partial charge < -0.3 is 19.9 Å². The Labute approximate surface area is 225 Å². The number of likely N-dealkylation sites (tertiary alicyclic amines) is 1. The highest BCUT2D eigenvalue weighted by Gasteiger charge is 2.29. The van der Waals surface area contributed by atoms with Gasteiger partial charge in [-0.3, -0.25) is 19.9 Å². The predicted molar refractivity (Wildman–Crippen MR) is 146 cm³/mol. The first kappa shape index (κ1) is 25.9. The zero-order valence-corrected chi connectivity index (χ0v) is 21.6. The number of aromatic amines is 1. The summed E-state index contributed by atoms with van der Waals surface area (Å²) < 4.78 is 5.33. The van der Waals surface area contributed by atoms with Crippen LogP contribution in [-0.2, 0) is 6.42 Å². The van der Waals surface area contributed by atoms with Crippen LogP contribution < -0.4 is 10.1 Å². The van der Waals surface area contributed by atoms with Crippen molar-refractivity contribution in [2.24, 2.45) is 0 Å². The lowest BCUT2D eigenvalue weighted by Gasteiger charge is -2.31. The minimum Gasteiger partial charge on any atom is -0.403 e. The van der Waals surface area contributed by atoms with Gasteiger partial charge in [-0.05, 0) is 56.0 Å². The number of hydrogen-bond donors (Lipinski definition) is 2. The molecule has 1 aliphatic heterocycles. The summed E-state index contributed by atoms with van der Waals surface area (Å²) in [5.74, 6) is -0.258. The van der Waals surface area contributed by atoms with Crippen LogP contribution in [-0.4, -0.2) is 51.4 Å². The van der Waals surface area contributed by atoms with E-state index in [-0.39, 0.29) is 23.3 Å². The zero-order chi connectivity index (χ0) is 27.4. The SMILES string of the molecule is Cc1ccc(C(=O)NCCc2c[nH]c3ccccc23)c(C2CCN(C(=O)Oc3ccccc3[N+](=O)[O-])CC2)n1. The maximum atomic E-state index is 13.2. The van der Waals surface area contributed by atoms with Crippen molar-refractivity contribution < 1.29 is 19.2 Å². The fraction of sp³-hybridized carbons (Fsp3) is 0.276. The third-order valence-corrected chi connectivity index (χ3v) is 7.06. The molecule has 4 aromatic rings. The van der Waals surface area contributed by atoms with Crippen LogP contribution in [0, 0.1) is 17.0 Å². The van der Waals surface area contributed by atoms with Crippen LogP contribution in [0.15, 0.2) is 66.9 Å². The molecule has 200 valence electrons. The maximum absolute atomic E-state index is 13.2. The molecule has 0 spiro atoms. The number of aromatic nitrogens is 2. The molecule has 10 nitrogen and oxygen atoms in total. The van der Waals surface area contributed by atoms with Crippen LogP contribution in [0.2, 0.25) is 0 Å². The van der Waals surface area contributed by atoms with Crippen LogP contribution in [0.25, 0.3) is 10.9 Å². The summed E-state index contributed by atoms with van der Waals surface area (Å²) in [5.41, 5.74) is 4.05. The Bertz CT molecular complexity index is 1520. The van der Waals surface area contributed by atoms with E-state index in [1.54, 1.807) is 6.07 Å². The molecule has 0 radical (unpaired) electrons.